The average molecular weight is 211 g/mol. The molecule has 15 heavy (non-hydrogen) atoms. The summed E-state index contributed by atoms with van der Waals surface area (Å²) < 4.78 is 15.2. The third-order valence-corrected chi connectivity index (χ3v) is 2.52. The molecule has 1 heterocycles. The van der Waals surface area contributed by atoms with Gasteiger partial charge in [0, 0.05) is 0 Å². The SMILES string of the molecule is CCC(/N=C/B=O)[C@@H]1CC(CO)C(=O)O1. The van der Waals surface area contributed by atoms with E-state index in [1.807, 2.05) is 6.92 Å². The average Bonchev–Trinajstić information content (AvgIpc) is 2.61. The molecule has 0 saturated carbocycles. The topological polar surface area (TPSA) is 76.0 Å². The minimum absolute atomic E-state index is 0.185. The van der Waals surface area contributed by atoms with Gasteiger partial charge in [0.2, 0.25) is 0 Å². The molecule has 0 aliphatic carbocycles. The molecular formula is C9H14BNO4. The van der Waals surface area contributed by atoms with Crippen LogP contribution in [-0.4, -0.2) is 43.1 Å². The van der Waals surface area contributed by atoms with Crippen LogP contribution in [0.15, 0.2) is 4.99 Å². The Morgan fingerprint density at radius 2 is 2.53 bits per heavy atom. The number of hydrogen-bond donors (Lipinski definition) is 1. The van der Waals surface area contributed by atoms with Gasteiger partial charge in [0.25, 0.3) is 0 Å². The van der Waals surface area contributed by atoms with E-state index in [-0.39, 0.29) is 24.7 Å². The fraction of sp³-hybridized carbons (Fsp3) is 0.778. The first-order chi connectivity index (χ1) is 7.22. The normalized spacial score (nSPS) is 27.7. The monoisotopic (exact) mass is 211 g/mol. The first kappa shape index (κ1) is 12.0. The maximum atomic E-state index is 11.2. The Hall–Kier alpha value is -1.04. The summed E-state index contributed by atoms with van der Waals surface area (Å²) in [5.74, 6) is -0.808. The van der Waals surface area contributed by atoms with Crippen LogP contribution in [-0.2, 0) is 14.2 Å². The van der Waals surface area contributed by atoms with Crippen molar-refractivity contribution in [1.29, 1.82) is 0 Å². The number of aliphatic hydroxyl groups is 1. The molecule has 1 N–H and O–H groups in total. The van der Waals surface area contributed by atoms with Gasteiger partial charge in [-0.3, -0.25) is 0 Å². The molecule has 0 spiro atoms. The van der Waals surface area contributed by atoms with E-state index in [9.17, 15) is 9.50 Å². The zero-order chi connectivity index (χ0) is 11.3. The molecule has 1 rings (SSSR count). The molecule has 82 valence electrons. The van der Waals surface area contributed by atoms with Crippen LogP contribution in [0.25, 0.3) is 0 Å². The molecule has 1 saturated heterocycles. The van der Waals surface area contributed by atoms with Crippen LogP contribution in [0, 0.1) is 5.92 Å². The van der Waals surface area contributed by atoms with Crippen molar-refractivity contribution < 1.29 is 19.3 Å². The fourth-order valence-electron chi connectivity index (χ4n) is 1.66. The second-order valence-corrected chi connectivity index (χ2v) is 3.50. The Bertz CT molecular complexity index is 269. The van der Waals surface area contributed by atoms with E-state index >= 15 is 0 Å². The number of carbonyl (C=O) groups excluding carboxylic acids is 1. The van der Waals surface area contributed by atoms with E-state index in [1.54, 1.807) is 0 Å². The van der Waals surface area contributed by atoms with E-state index in [0.29, 0.717) is 20.0 Å². The molecule has 0 aromatic rings. The molecule has 0 aromatic carbocycles. The molecular weight excluding hydrogens is 197 g/mol. The van der Waals surface area contributed by atoms with Crippen LogP contribution in [0.4, 0.5) is 0 Å². The van der Waals surface area contributed by atoms with Gasteiger partial charge in [-0.25, -0.2) is 0 Å². The van der Waals surface area contributed by atoms with E-state index < -0.39 is 5.92 Å². The Labute approximate surface area is 88.8 Å². The summed E-state index contributed by atoms with van der Waals surface area (Å²) in [4.78, 5) is 15.2. The van der Waals surface area contributed by atoms with E-state index in [1.165, 1.54) is 6.11 Å². The van der Waals surface area contributed by atoms with Gasteiger partial charge in [-0.1, -0.05) is 0 Å². The summed E-state index contributed by atoms with van der Waals surface area (Å²) in [6.45, 7) is 1.72. The van der Waals surface area contributed by atoms with Gasteiger partial charge >= 0.3 is 88.0 Å². The zero-order valence-corrected chi connectivity index (χ0v) is 8.63. The second-order valence-electron chi connectivity index (χ2n) is 3.50. The first-order valence-corrected chi connectivity index (χ1v) is 5.01. The molecule has 3 atom stereocenters. The van der Waals surface area contributed by atoms with Crippen molar-refractivity contribution in [1.82, 2.24) is 0 Å². The van der Waals surface area contributed by atoms with Gasteiger partial charge in [-0.05, 0) is 0 Å². The standard InChI is InChI=1S/C9H14BNO4/c1-2-7(11-5-10-14)8-3-6(4-12)9(13)15-8/h5-8,12H,2-4H2,1H3/b11-5+/t6?,7?,8-/m0/s1. The van der Waals surface area contributed by atoms with Crippen molar-refractivity contribution >= 4 is 19.2 Å². The van der Waals surface area contributed by atoms with Crippen molar-refractivity contribution in [2.24, 2.45) is 10.9 Å². The summed E-state index contributed by atoms with van der Waals surface area (Å²) in [7, 11) is 0.600. The van der Waals surface area contributed by atoms with E-state index in [4.69, 9.17) is 9.84 Å². The van der Waals surface area contributed by atoms with Crippen molar-refractivity contribution in [3.05, 3.63) is 0 Å². The second kappa shape index (κ2) is 5.75. The van der Waals surface area contributed by atoms with Crippen molar-refractivity contribution in [3.8, 4) is 0 Å². The number of aliphatic imine (C=N–C) groups is 1. The molecule has 1 fully saturated rings. The minimum atomic E-state index is -0.435. The van der Waals surface area contributed by atoms with Gasteiger partial charge in [-0.15, -0.1) is 0 Å². The van der Waals surface area contributed by atoms with Gasteiger partial charge in [0.05, 0.1) is 0 Å². The molecule has 0 amide bonds. The molecule has 0 radical (unpaired) electrons. The molecule has 2 unspecified atom stereocenters. The van der Waals surface area contributed by atoms with Crippen LogP contribution in [0.5, 0.6) is 0 Å². The first-order valence-electron chi connectivity index (χ1n) is 5.01. The third-order valence-electron chi connectivity index (χ3n) is 2.52. The van der Waals surface area contributed by atoms with Gasteiger partial charge in [0.1, 0.15) is 0 Å². The van der Waals surface area contributed by atoms with Crippen molar-refractivity contribution in [3.63, 3.8) is 0 Å². The maximum absolute atomic E-state index is 11.2. The number of rotatable bonds is 5. The third kappa shape index (κ3) is 2.96. The summed E-state index contributed by atoms with van der Waals surface area (Å²) in [6.07, 6.45) is 2.04. The van der Waals surface area contributed by atoms with Crippen molar-refractivity contribution in [2.45, 2.75) is 31.9 Å². The predicted octanol–water partition coefficient (Wildman–Crippen LogP) is -0.233. The van der Waals surface area contributed by atoms with Crippen LogP contribution in [0.3, 0.4) is 0 Å². The van der Waals surface area contributed by atoms with E-state index in [2.05, 4.69) is 4.99 Å². The number of cyclic esters (lactones) is 1. The summed E-state index contributed by atoms with van der Waals surface area (Å²) in [5.41, 5.74) is 0. The molecule has 1 aliphatic rings. The van der Waals surface area contributed by atoms with Crippen LogP contribution < -0.4 is 0 Å². The summed E-state index contributed by atoms with van der Waals surface area (Å²) in [6, 6.07) is -0.185. The Morgan fingerprint density at radius 3 is 3.00 bits per heavy atom. The Kier molecular flexibility index (Phi) is 4.61. The molecule has 0 aromatic heterocycles. The fourth-order valence-corrected chi connectivity index (χ4v) is 1.66. The van der Waals surface area contributed by atoms with Crippen LogP contribution >= 0.6 is 0 Å². The number of carbonyl (C=O) groups is 1. The number of nitrogens with zero attached hydrogens (tertiary/aromatic N) is 1. The Balaban J connectivity index is 2.60. The number of aliphatic hydroxyl groups excluding tert-OH is 1. The number of hydrogen-bond acceptors (Lipinski definition) is 5. The van der Waals surface area contributed by atoms with Crippen molar-refractivity contribution in [2.75, 3.05) is 6.61 Å². The molecule has 0 bridgehead atoms. The summed E-state index contributed by atoms with van der Waals surface area (Å²) in [5, 5.41) is 8.89. The quantitative estimate of drug-likeness (QED) is 0.387. The van der Waals surface area contributed by atoms with Gasteiger partial charge in [-0.2, -0.15) is 0 Å². The molecule has 5 nitrogen and oxygen atoms in total. The molecule has 6 heteroatoms. The van der Waals surface area contributed by atoms with Crippen LogP contribution in [0.2, 0.25) is 0 Å². The summed E-state index contributed by atoms with van der Waals surface area (Å²) >= 11 is 0. The van der Waals surface area contributed by atoms with E-state index in [0.717, 1.165) is 0 Å². The Morgan fingerprint density at radius 1 is 1.80 bits per heavy atom. The van der Waals surface area contributed by atoms with Crippen LogP contribution in [0.1, 0.15) is 19.8 Å². The van der Waals surface area contributed by atoms with Gasteiger partial charge < -0.3 is 0 Å². The number of esters is 1. The predicted molar refractivity (Wildman–Crippen MR) is 54.1 cm³/mol. The molecule has 1 aliphatic heterocycles. The zero-order valence-electron chi connectivity index (χ0n) is 8.63. The number of ether oxygens (including phenoxy) is 1. The van der Waals surface area contributed by atoms with Gasteiger partial charge in [0.15, 0.2) is 0 Å².